The number of nitrogens with zero attached hydrogens (tertiary/aromatic N) is 3. The lowest BCUT2D eigenvalue weighted by Crippen LogP contribution is -2.24. The Morgan fingerprint density at radius 2 is 1.83 bits per heavy atom. The molecule has 2 heterocycles. The van der Waals surface area contributed by atoms with E-state index in [0.29, 0.717) is 25.5 Å². The third kappa shape index (κ3) is 4.81. The van der Waals surface area contributed by atoms with E-state index >= 15 is 0 Å². The summed E-state index contributed by atoms with van der Waals surface area (Å²) in [6, 6.07) is 24.7. The minimum atomic E-state index is 0.0676. The van der Waals surface area contributed by atoms with Gasteiger partial charge >= 0.3 is 0 Å². The fourth-order valence-electron chi connectivity index (χ4n) is 5.06. The van der Waals surface area contributed by atoms with Gasteiger partial charge in [0.2, 0.25) is 5.91 Å². The number of rotatable bonds is 8. The molecule has 1 aromatic heterocycles. The van der Waals surface area contributed by atoms with Crippen LogP contribution in [0, 0.1) is 6.92 Å². The summed E-state index contributed by atoms with van der Waals surface area (Å²) < 4.78 is 8.48. The molecule has 1 atom stereocenters. The predicted molar refractivity (Wildman–Crippen MR) is 141 cm³/mol. The number of hydrogen-bond acceptors (Lipinski definition) is 3. The number of aromatic nitrogens is 2. The van der Waals surface area contributed by atoms with Crippen LogP contribution in [0.15, 0.2) is 72.8 Å². The van der Waals surface area contributed by atoms with E-state index in [9.17, 15) is 4.79 Å². The maximum atomic E-state index is 13.0. The van der Waals surface area contributed by atoms with Crippen molar-refractivity contribution in [3.63, 3.8) is 0 Å². The highest BCUT2D eigenvalue weighted by atomic mass is 16.5. The summed E-state index contributed by atoms with van der Waals surface area (Å²) in [6.07, 6.45) is 1.34. The highest BCUT2D eigenvalue weighted by Gasteiger charge is 2.34. The topological polar surface area (TPSA) is 47.4 Å². The molecule has 1 saturated heterocycles. The summed E-state index contributed by atoms with van der Waals surface area (Å²) in [5.74, 6) is 2.61. The quantitative estimate of drug-likeness (QED) is 0.280. The van der Waals surface area contributed by atoms with Gasteiger partial charge in [-0.3, -0.25) is 4.79 Å². The Bertz CT molecular complexity index is 1340. The summed E-state index contributed by atoms with van der Waals surface area (Å²) in [6.45, 7) is 8.53. The minimum absolute atomic E-state index is 0.0676. The van der Waals surface area contributed by atoms with Crippen LogP contribution in [0.3, 0.4) is 0 Å². The molecule has 5 nitrogen and oxygen atoms in total. The summed E-state index contributed by atoms with van der Waals surface area (Å²) in [4.78, 5) is 19.9. The van der Waals surface area contributed by atoms with Crippen LogP contribution in [0.5, 0.6) is 5.75 Å². The molecule has 0 N–H and O–H groups in total. The fraction of sp³-hybridized carbons (Fsp3) is 0.333. The number of para-hydroxylation sites is 3. The normalized spacial score (nSPS) is 15.9. The molecule has 0 bridgehead atoms. The highest BCUT2D eigenvalue weighted by Crippen LogP contribution is 2.34. The van der Waals surface area contributed by atoms with Gasteiger partial charge in [-0.1, -0.05) is 56.3 Å². The molecule has 0 aliphatic carbocycles. The van der Waals surface area contributed by atoms with Crippen LogP contribution in [0.1, 0.15) is 55.5 Å². The Morgan fingerprint density at radius 3 is 2.66 bits per heavy atom. The Morgan fingerprint density at radius 1 is 1.03 bits per heavy atom. The zero-order chi connectivity index (χ0) is 24.4. The standard InChI is InChI=1S/C30H33N3O2/c1-21(2)25-12-4-7-15-28(25)35-17-9-16-32-27-14-6-5-13-26(27)31-30(32)23-19-29(34)33(20-23)24-11-8-10-22(3)18-24/h4-8,10-15,18,21,23H,9,16-17,19-20H2,1-3H3. The number of aryl methyl sites for hydroxylation is 2. The van der Waals surface area contributed by atoms with E-state index in [0.717, 1.165) is 46.8 Å². The number of benzene rings is 3. The van der Waals surface area contributed by atoms with Gasteiger partial charge in [0.1, 0.15) is 11.6 Å². The predicted octanol–water partition coefficient (Wildman–Crippen LogP) is 6.46. The van der Waals surface area contributed by atoms with Crippen molar-refractivity contribution in [3.8, 4) is 5.75 Å². The Balaban J connectivity index is 1.34. The number of fused-ring (bicyclic) bond motifs is 1. The second kappa shape index (κ2) is 9.95. The van der Waals surface area contributed by atoms with Gasteiger partial charge in [-0.25, -0.2) is 4.98 Å². The van der Waals surface area contributed by atoms with E-state index in [-0.39, 0.29) is 11.8 Å². The summed E-state index contributed by atoms with van der Waals surface area (Å²) in [7, 11) is 0. The van der Waals surface area contributed by atoms with Crippen molar-refractivity contribution in [1.29, 1.82) is 0 Å². The monoisotopic (exact) mass is 467 g/mol. The van der Waals surface area contributed by atoms with E-state index in [2.05, 4.69) is 73.9 Å². The lowest BCUT2D eigenvalue weighted by atomic mass is 10.0. The van der Waals surface area contributed by atoms with Crippen molar-refractivity contribution in [3.05, 3.63) is 89.7 Å². The largest absolute Gasteiger partial charge is 0.493 e. The number of amides is 1. The van der Waals surface area contributed by atoms with Crippen LogP contribution in [-0.2, 0) is 11.3 Å². The Labute approximate surface area is 207 Å². The first-order valence-electron chi connectivity index (χ1n) is 12.5. The lowest BCUT2D eigenvalue weighted by Gasteiger charge is -2.18. The average molecular weight is 468 g/mol. The molecule has 35 heavy (non-hydrogen) atoms. The fourth-order valence-corrected chi connectivity index (χ4v) is 5.06. The van der Waals surface area contributed by atoms with Crippen LogP contribution in [0.4, 0.5) is 5.69 Å². The van der Waals surface area contributed by atoms with Crippen LogP contribution in [-0.4, -0.2) is 28.6 Å². The third-order valence-electron chi connectivity index (χ3n) is 6.81. The van der Waals surface area contributed by atoms with Gasteiger partial charge in [0.15, 0.2) is 0 Å². The molecule has 0 saturated carbocycles. The molecule has 1 aliphatic heterocycles. The smallest absolute Gasteiger partial charge is 0.227 e. The van der Waals surface area contributed by atoms with Gasteiger partial charge in [0.25, 0.3) is 0 Å². The van der Waals surface area contributed by atoms with E-state index in [4.69, 9.17) is 9.72 Å². The molecule has 4 aromatic rings. The van der Waals surface area contributed by atoms with Gasteiger partial charge in [-0.15, -0.1) is 0 Å². The third-order valence-corrected chi connectivity index (χ3v) is 6.81. The van der Waals surface area contributed by atoms with Gasteiger partial charge in [-0.2, -0.15) is 0 Å². The molecular weight excluding hydrogens is 434 g/mol. The van der Waals surface area contributed by atoms with Crippen molar-refractivity contribution in [2.75, 3.05) is 18.1 Å². The van der Waals surface area contributed by atoms with Crippen LogP contribution in [0.25, 0.3) is 11.0 Å². The van der Waals surface area contributed by atoms with Gasteiger partial charge in [0, 0.05) is 31.1 Å². The highest BCUT2D eigenvalue weighted by molar-refractivity contribution is 5.96. The molecular formula is C30H33N3O2. The first-order valence-corrected chi connectivity index (χ1v) is 12.5. The molecule has 1 aliphatic rings. The summed E-state index contributed by atoms with van der Waals surface area (Å²) in [5, 5.41) is 0. The zero-order valence-corrected chi connectivity index (χ0v) is 20.8. The SMILES string of the molecule is Cc1cccc(N2CC(c3nc4ccccc4n3CCCOc3ccccc3C(C)C)CC2=O)c1. The van der Waals surface area contributed by atoms with Crippen LogP contribution >= 0.6 is 0 Å². The number of anilines is 1. The maximum absolute atomic E-state index is 13.0. The van der Waals surface area contributed by atoms with E-state index in [1.165, 1.54) is 5.56 Å². The van der Waals surface area contributed by atoms with Crippen molar-refractivity contribution in [2.24, 2.45) is 0 Å². The second-order valence-corrected chi connectivity index (χ2v) is 9.75. The molecule has 5 rings (SSSR count). The summed E-state index contributed by atoms with van der Waals surface area (Å²) in [5.41, 5.74) is 5.46. The Hall–Kier alpha value is -3.60. The minimum Gasteiger partial charge on any atom is -0.493 e. The first kappa shape index (κ1) is 23.2. The Kier molecular flexibility index (Phi) is 6.58. The number of carbonyl (C=O) groups excluding carboxylic acids is 1. The molecule has 1 unspecified atom stereocenters. The van der Waals surface area contributed by atoms with Crippen LogP contribution < -0.4 is 9.64 Å². The van der Waals surface area contributed by atoms with Crippen molar-refractivity contribution < 1.29 is 9.53 Å². The molecule has 5 heteroatoms. The van der Waals surface area contributed by atoms with E-state index in [1.54, 1.807) is 0 Å². The van der Waals surface area contributed by atoms with Crippen molar-refractivity contribution in [1.82, 2.24) is 9.55 Å². The van der Waals surface area contributed by atoms with E-state index in [1.807, 2.05) is 29.2 Å². The number of hydrogen-bond donors (Lipinski definition) is 0. The second-order valence-electron chi connectivity index (χ2n) is 9.75. The number of carbonyl (C=O) groups is 1. The number of imidazole rings is 1. The molecule has 180 valence electrons. The van der Waals surface area contributed by atoms with E-state index < -0.39 is 0 Å². The zero-order valence-electron chi connectivity index (χ0n) is 20.8. The first-order chi connectivity index (χ1) is 17.0. The summed E-state index contributed by atoms with van der Waals surface area (Å²) >= 11 is 0. The molecule has 1 amide bonds. The molecule has 3 aromatic carbocycles. The molecule has 0 spiro atoms. The van der Waals surface area contributed by atoms with Gasteiger partial charge < -0.3 is 14.2 Å². The lowest BCUT2D eigenvalue weighted by molar-refractivity contribution is -0.117. The van der Waals surface area contributed by atoms with Crippen LogP contribution in [0.2, 0.25) is 0 Å². The number of ether oxygens (including phenoxy) is 1. The maximum Gasteiger partial charge on any atom is 0.227 e. The van der Waals surface area contributed by atoms with Crippen molar-refractivity contribution in [2.45, 2.75) is 52.0 Å². The van der Waals surface area contributed by atoms with Crippen molar-refractivity contribution >= 4 is 22.6 Å². The average Bonchev–Trinajstić information content (AvgIpc) is 3.42. The molecule has 0 radical (unpaired) electrons. The molecule has 1 fully saturated rings. The van der Waals surface area contributed by atoms with Gasteiger partial charge in [-0.05, 0) is 60.7 Å². The van der Waals surface area contributed by atoms with Gasteiger partial charge in [0.05, 0.1) is 17.6 Å².